The van der Waals surface area contributed by atoms with Crippen LogP contribution in [0.2, 0.25) is 0 Å². The molecule has 5 nitrogen and oxygen atoms in total. The zero-order valence-electron chi connectivity index (χ0n) is 21.9. The van der Waals surface area contributed by atoms with Crippen LogP contribution in [0.4, 0.5) is 4.20 Å². The second kappa shape index (κ2) is 19.6. The molecule has 0 saturated carbocycles. The lowest BCUT2D eigenvalue weighted by Crippen LogP contribution is -2.32. The van der Waals surface area contributed by atoms with E-state index >= 15 is 0 Å². The molecule has 0 aromatic carbocycles. The van der Waals surface area contributed by atoms with Crippen LogP contribution in [0.1, 0.15) is 118 Å². The van der Waals surface area contributed by atoms with E-state index in [1.807, 2.05) is 20.8 Å². The summed E-state index contributed by atoms with van der Waals surface area (Å²) >= 11 is 0. The van der Waals surface area contributed by atoms with Gasteiger partial charge < -0.3 is 14.0 Å². The summed E-state index contributed by atoms with van der Waals surface area (Å²) in [4.78, 5) is 12.1. The highest BCUT2D eigenvalue weighted by Gasteiger charge is 2.23. The zero-order chi connectivity index (χ0) is 25.0. The van der Waals surface area contributed by atoms with Crippen LogP contribution < -0.4 is 0 Å². The highest BCUT2D eigenvalue weighted by Crippen LogP contribution is 2.44. The predicted octanol–water partition coefficient (Wildman–Crippen LogP) is 8.56. The standard InChI is InChI=1S/C26H50FO5P/c1-6-7-8-9-10-11-12-13-14-15-16-17-18-19-20-21-25(28)32-24(22-30-26(2,3)4)23-31-33(5,27)29/h13-14,24H,6-12,15-23H2,1-5H3/b14-13-. The Labute approximate surface area is 202 Å². The highest BCUT2D eigenvalue weighted by atomic mass is 31.2. The third kappa shape index (κ3) is 25.7. The van der Waals surface area contributed by atoms with Crippen molar-refractivity contribution in [2.24, 2.45) is 0 Å². The van der Waals surface area contributed by atoms with E-state index in [-0.39, 0.29) is 19.2 Å². The Kier molecular flexibility index (Phi) is 19.2. The molecule has 0 aliphatic heterocycles. The molecule has 0 aromatic heterocycles. The fraction of sp³-hybridized carbons (Fsp3) is 0.885. The number of halogens is 1. The van der Waals surface area contributed by atoms with Crippen molar-refractivity contribution in [3.05, 3.63) is 12.2 Å². The fourth-order valence-electron chi connectivity index (χ4n) is 3.26. The third-order valence-corrected chi connectivity index (χ3v) is 5.74. The van der Waals surface area contributed by atoms with Gasteiger partial charge in [-0.1, -0.05) is 70.4 Å². The Morgan fingerprint density at radius 2 is 1.39 bits per heavy atom. The summed E-state index contributed by atoms with van der Waals surface area (Å²) in [5.74, 6) is -0.358. The SMILES string of the molecule is CCCCCCCC/C=C\CCCCCCCC(=O)OC(COC(C)(C)C)COP(C)(=O)F. The number of carbonyl (C=O) groups is 1. The van der Waals surface area contributed by atoms with Gasteiger partial charge in [-0.25, -0.2) is 0 Å². The Morgan fingerprint density at radius 1 is 0.879 bits per heavy atom. The molecule has 0 saturated heterocycles. The topological polar surface area (TPSA) is 61.8 Å². The molecular weight excluding hydrogens is 442 g/mol. The lowest BCUT2D eigenvalue weighted by atomic mass is 10.1. The summed E-state index contributed by atoms with van der Waals surface area (Å²) in [5.41, 5.74) is -0.431. The molecule has 0 radical (unpaired) electrons. The van der Waals surface area contributed by atoms with Gasteiger partial charge in [0.05, 0.1) is 18.8 Å². The first-order chi connectivity index (χ1) is 15.5. The molecule has 196 valence electrons. The Hall–Kier alpha value is -0.710. The highest BCUT2D eigenvalue weighted by molar-refractivity contribution is 7.52. The number of allylic oxidation sites excluding steroid dienone is 2. The van der Waals surface area contributed by atoms with Gasteiger partial charge in [0, 0.05) is 13.1 Å². The molecule has 33 heavy (non-hydrogen) atoms. The molecular formula is C26H50FO5P. The van der Waals surface area contributed by atoms with Crippen LogP contribution >= 0.6 is 7.68 Å². The van der Waals surface area contributed by atoms with Gasteiger partial charge in [-0.15, -0.1) is 0 Å². The average molecular weight is 493 g/mol. The monoisotopic (exact) mass is 492 g/mol. The molecule has 0 amide bonds. The first-order valence-electron chi connectivity index (χ1n) is 12.9. The molecule has 0 bridgehead atoms. The van der Waals surface area contributed by atoms with Gasteiger partial charge in [0.1, 0.15) is 6.10 Å². The van der Waals surface area contributed by atoms with E-state index in [0.717, 1.165) is 38.8 Å². The third-order valence-electron chi connectivity index (χ3n) is 5.13. The number of esters is 1. The molecule has 7 heteroatoms. The summed E-state index contributed by atoms with van der Waals surface area (Å²) in [7, 11) is -4.13. The van der Waals surface area contributed by atoms with Crippen LogP contribution in [0.5, 0.6) is 0 Å². The molecule has 0 heterocycles. The van der Waals surface area contributed by atoms with Crippen LogP contribution in [0.15, 0.2) is 12.2 Å². The maximum Gasteiger partial charge on any atom is 0.364 e. The van der Waals surface area contributed by atoms with E-state index < -0.39 is 19.4 Å². The van der Waals surface area contributed by atoms with Crippen molar-refractivity contribution in [3.63, 3.8) is 0 Å². The number of rotatable bonds is 21. The predicted molar refractivity (Wildman–Crippen MR) is 136 cm³/mol. The summed E-state index contributed by atoms with van der Waals surface area (Å²) in [6.07, 6.45) is 19.7. The van der Waals surface area contributed by atoms with Crippen LogP contribution in [-0.4, -0.2) is 37.6 Å². The van der Waals surface area contributed by atoms with E-state index in [2.05, 4.69) is 19.1 Å². The quantitative estimate of drug-likeness (QED) is 0.0695. The van der Waals surface area contributed by atoms with Gasteiger partial charge in [0.15, 0.2) is 0 Å². The normalized spacial score (nSPS) is 15.0. The van der Waals surface area contributed by atoms with Crippen molar-refractivity contribution < 1.29 is 27.6 Å². The van der Waals surface area contributed by atoms with Crippen LogP contribution in [0, 0.1) is 0 Å². The first-order valence-corrected chi connectivity index (χ1v) is 14.9. The van der Waals surface area contributed by atoms with Crippen molar-refractivity contribution in [2.45, 2.75) is 129 Å². The maximum atomic E-state index is 13.2. The minimum Gasteiger partial charge on any atom is -0.457 e. The average Bonchev–Trinajstić information content (AvgIpc) is 2.71. The zero-order valence-corrected chi connectivity index (χ0v) is 22.8. The number of hydrogen-bond donors (Lipinski definition) is 0. The lowest BCUT2D eigenvalue weighted by Gasteiger charge is -2.24. The van der Waals surface area contributed by atoms with Crippen LogP contribution in [0.25, 0.3) is 0 Å². The second-order valence-corrected chi connectivity index (χ2v) is 11.7. The van der Waals surface area contributed by atoms with Crippen LogP contribution in [0.3, 0.4) is 0 Å². The van der Waals surface area contributed by atoms with Gasteiger partial charge in [-0.3, -0.25) is 9.36 Å². The minimum atomic E-state index is -4.13. The molecule has 0 aromatic rings. The number of ether oxygens (including phenoxy) is 2. The Bertz CT molecular complexity index is 553. The number of unbranched alkanes of at least 4 members (excludes halogenated alkanes) is 11. The Balaban J connectivity index is 3.83. The molecule has 0 spiro atoms. The van der Waals surface area contributed by atoms with Crippen LogP contribution in [-0.2, 0) is 23.4 Å². The first kappa shape index (κ1) is 32.3. The van der Waals surface area contributed by atoms with Crippen molar-refractivity contribution in [3.8, 4) is 0 Å². The van der Waals surface area contributed by atoms with Crippen molar-refractivity contribution >= 4 is 13.6 Å². The summed E-state index contributed by atoms with van der Waals surface area (Å²) in [6.45, 7) is 8.55. The molecule has 0 N–H and O–H groups in total. The van der Waals surface area contributed by atoms with Gasteiger partial charge >= 0.3 is 13.6 Å². The smallest absolute Gasteiger partial charge is 0.364 e. The van der Waals surface area contributed by atoms with Crippen molar-refractivity contribution in [1.82, 2.24) is 0 Å². The van der Waals surface area contributed by atoms with Gasteiger partial charge in [-0.05, 0) is 52.9 Å². The molecule has 0 rings (SSSR count). The largest absolute Gasteiger partial charge is 0.457 e. The maximum absolute atomic E-state index is 13.2. The van der Waals surface area contributed by atoms with Crippen molar-refractivity contribution in [2.75, 3.05) is 19.9 Å². The molecule has 2 unspecified atom stereocenters. The van der Waals surface area contributed by atoms with Gasteiger partial charge in [-0.2, -0.15) is 4.20 Å². The van der Waals surface area contributed by atoms with Gasteiger partial charge in [0.2, 0.25) is 0 Å². The van der Waals surface area contributed by atoms with E-state index in [0.29, 0.717) is 6.42 Å². The van der Waals surface area contributed by atoms with E-state index in [4.69, 9.17) is 14.0 Å². The number of carbonyl (C=O) groups excluding carboxylic acids is 1. The van der Waals surface area contributed by atoms with E-state index in [1.165, 1.54) is 51.4 Å². The van der Waals surface area contributed by atoms with E-state index in [9.17, 15) is 13.6 Å². The molecule has 0 fully saturated rings. The summed E-state index contributed by atoms with van der Waals surface area (Å²) in [5, 5.41) is 0. The lowest BCUT2D eigenvalue weighted by molar-refractivity contribution is -0.157. The minimum absolute atomic E-state index is 0.0710. The fourth-order valence-corrected chi connectivity index (χ4v) is 3.69. The van der Waals surface area contributed by atoms with Crippen molar-refractivity contribution in [1.29, 1.82) is 0 Å². The molecule has 0 aliphatic rings. The molecule has 0 aliphatic carbocycles. The molecule has 2 atom stereocenters. The van der Waals surface area contributed by atoms with E-state index in [1.54, 1.807) is 0 Å². The number of hydrogen-bond acceptors (Lipinski definition) is 5. The summed E-state index contributed by atoms with van der Waals surface area (Å²) in [6, 6.07) is 0. The second-order valence-electron chi connectivity index (χ2n) is 9.91. The Morgan fingerprint density at radius 3 is 1.91 bits per heavy atom. The van der Waals surface area contributed by atoms with Gasteiger partial charge in [0.25, 0.3) is 0 Å². The summed E-state index contributed by atoms with van der Waals surface area (Å²) < 4.78 is 40.1.